The number of hydrogen-bond donors (Lipinski definition) is 1. The minimum atomic E-state index is -3.47. The molecule has 140 valence electrons. The molecule has 0 aliphatic carbocycles. The van der Waals surface area contributed by atoms with Crippen LogP contribution in [0.15, 0.2) is 66.2 Å². The van der Waals surface area contributed by atoms with E-state index in [1.54, 1.807) is 12.3 Å². The van der Waals surface area contributed by atoms with Crippen LogP contribution >= 0.6 is 0 Å². The van der Waals surface area contributed by atoms with E-state index in [2.05, 4.69) is 9.71 Å². The lowest BCUT2D eigenvalue weighted by Crippen LogP contribution is -2.23. The molecule has 0 amide bonds. The van der Waals surface area contributed by atoms with Gasteiger partial charge < -0.3 is 4.74 Å². The highest BCUT2D eigenvalue weighted by Gasteiger charge is 2.05. The normalized spacial score (nSPS) is 11.9. The van der Waals surface area contributed by atoms with Crippen LogP contribution < -0.4 is 9.46 Å². The fourth-order valence-electron chi connectivity index (χ4n) is 2.56. The first-order valence-electron chi connectivity index (χ1n) is 8.74. The van der Waals surface area contributed by atoms with E-state index in [-0.39, 0.29) is 0 Å². The van der Waals surface area contributed by atoms with Gasteiger partial charge in [-0.25, -0.2) is 13.1 Å². The molecule has 27 heavy (non-hydrogen) atoms. The van der Waals surface area contributed by atoms with Crippen LogP contribution in [0.2, 0.25) is 0 Å². The molecule has 0 aliphatic rings. The van der Waals surface area contributed by atoms with E-state index in [1.807, 2.05) is 61.5 Å². The molecule has 0 spiro atoms. The van der Waals surface area contributed by atoms with Crippen molar-refractivity contribution in [2.45, 2.75) is 13.3 Å². The number of aromatic nitrogens is 1. The summed E-state index contributed by atoms with van der Waals surface area (Å²) in [6, 6.07) is 17.3. The van der Waals surface area contributed by atoms with Gasteiger partial charge in [-0.15, -0.1) is 0 Å². The molecule has 5 nitrogen and oxygen atoms in total. The average molecular weight is 382 g/mol. The molecule has 0 saturated carbocycles. The Hall–Kier alpha value is -2.70. The largest absolute Gasteiger partial charge is 0.491 e. The van der Waals surface area contributed by atoms with Crippen LogP contribution in [-0.2, 0) is 10.0 Å². The van der Waals surface area contributed by atoms with Gasteiger partial charge in [0.05, 0.1) is 6.61 Å². The van der Waals surface area contributed by atoms with Gasteiger partial charge in [0.2, 0.25) is 10.0 Å². The molecule has 3 rings (SSSR count). The SMILES string of the molecule is Cc1ccc(/C=C/S(=O)(=O)NCCCOc2cccc3cccnc23)cc1. The molecule has 6 heteroatoms. The number of pyridine rings is 1. The Kier molecular flexibility index (Phi) is 6.21. The van der Waals surface area contributed by atoms with Gasteiger partial charge in [0, 0.05) is 23.5 Å². The lowest BCUT2D eigenvalue weighted by Gasteiger charge is -2.08. The van der Waals surface area contributed by atoms with Gasteiger partial charge in [-0.05, 0) is 37.1 Å². The van der Waals surface area contributed by atoms with Crippen LogP contribution in [0.25, 0.3) is 17.0 Å². The zero-order chi connectivity index (χ0) is 19.1. The highest BCUT2D eigenvalue weighted by atomic mass is 32.2. The monoisotopic (exact) mass is 382 g/mol. The van der Waals surface area contributed by atoms with Crippen molar-refractivity contribution in [3.63, 3.8) is 0 Å². The Bertz CT molecular complexity index is 1020. The molecular formula is C21H22N2O3S. The van der Waals surface area contributed by atoms with Crippen molar-refractivity contribution in [2.24, 2.45) is 0 Å². The Balaban J connectivity index is 1.47. The highest BCUT2D eigenvalue weighted by molar-refractivity contribution is 7.92. The summed E-state index contributed by atoms with van der Waals surface area (Å²) >= 11 is 0. The summed E-state index contributed by atoms with van der Waals surface area (Å²) < 4.78 is 32.4. The number of nitrogens with zero attached hydrogens (tertiary/aromatic N) is 1. The predicted molar refractivity (Wildman–Crippen MR) is 109 cm³/mol. The number of ether oxygens (including phenoxy) is 1. The lowest BCUT2D eigenvalue weighted by molar-refractivity contribution is 0.314. The van der Waals surface area contributed by atoms with E-state index >= 15 is 0 Å². The Labute approximate surface area is 159 Å². The van der Waals surface area contributed by atoms with Gasteiger partial charge >= 0.3 is 0 Å². The maximum atomic E-state index is 12.0. The fourth-order valence-corrected chi connectivity index (χ4v) is 3.42. The molecule has 0 radical (unpaired) electrons. The minimum Gasteiger partial charge on any atom is -0.491 e. The van der Waals surface area contributed by atoms with Crippen molar-refractivity contribution in [3.05, 3.63) is 77.3 Å². The van der Waals surface area contributed by atoms with Gasteiger partial charge in [-0.1, -0.05) is 48.0 Å². The number of hydrogen-bond acceptors (Lipinski definition) is 4. The molecule has 3 aromatic rings. The van der Waals surface area contributed by atoms with Gasteiger partial charge in [0.1, 0.15) is 11.3 Å². The molecule has 0 fully saturated rings. The van der Waals surface area contributed by atoms with Crippen molar-refractivity contribution in [1.82, 2.24) is 9.71 Å². The van der Waals surface area contributed by atoms with Crippen molar-refractivity contribution >= 4 is 27.0 Å². The number of rotatable bonds is 8. The second-order valence-corrected chi connectivity index (χ2v) is 7.84. The maximum absolute atomic E-state index is 12.0. The van der Waals surface area contributed by atoms with E-state index in [0.29, 0.717) is 25.3 Å². The molecule has 1 N–H and O–H groups in total. The Morgan fingerprint density at radius 1 is 1.07 bits per heavy atom. The molecule has 1 aromatic heterocycles. The summed E-state index contributed by atoms with van der Waals surface area (Å²) in [4.78, 5) is 4.33. The van der Waals surface area contributed by atoms with E-state index in [1.165, 1.54) is 5.41 Å². The van der Waals surface area contributed by atoms with E-state index in [4.69, 9.17) is 4.74 Å². The molecule has 0 aliphatic heterocycles. The summed E-state index contributed by atoms with van der Waals surface area (Å²) in [5.74, 6) is 0.704. The third kappa shape index (κ3) is 5.64. The molecule has 0 atom stereocenters. The fraction of sp³-hybridized carbons (Fsp3) is 0.190. The zero-order valence-corrected chi connectivity index (χ0v) is 15.9. The number of fused-ring (bicyclic) bond motifs is 1. The van der Waals surface area contributed by atoms with Gasteiger partial charge in [0.15, 0.2) is 0 Å². The Morgan fingerprint density at radius 2 is 1.85 bits per heavy atom. The molecule has 0 unspecified atom stereocenters. The average Bonchev–Trinajstić information content (AvgIpc) is 2.67. The third-order valence-corrected chi connectivity index (χ3v) is 5.10. The molecule has 0 bridgehead atoms. The third-order valence-electron chi connectivity index (χ3n) is 3.99. The van der Waals surface area contributed by atoms with E-state index in [0.717, 1.165) is 22.0 Å². The second kappa shape index (κ2) is 8.79. The summed E-state index contributed by atoms with van der Waals surface area (Å²) in [6.07, 6.45) is 3.87. The van der Waals surface area contributed by atoms with Crippen LogP contribution in [-0.4, -0.2) is 26.6 Å². The quantitative estimate of drug-likeness (QED) is 0.600. The number of benzene rings is 2. The Morgan fingerprint density at radius 3 is 2.67 bits per heavy atom. The summed E-state index contributed by atoms with van der Waals surface area (Å²) in [5.41, 5.74) is 2.79. The van der Waals surface area contributed by atoms with Gasteiger partial charge in [-0.2, -0.15) is 0 Å². The second-order valence-electron chi connectivity index (χ2n) is 6.19. The van der Waals surface area contributed by atoms with Crippen LogP contribution in [0.1, 0.15) is 17.5 Å². The molecule has 2 aromatic carbocycles. The number of sulfonamides is 1. The highest BCUT2D eigenvalue weighted by Crippen LogP contribution is 2.22. The number of nitrogens with one attached hydrogen (secondary N) is 1. The first kappa shape index (κ1) is 19.1. The minimum absolute atomic E-state index is 0.304. The first-order valence-corrected chi connectivity index (χ1v) is 10.3. The maximum Gasteiger partial charge on any atom is 0.233 e. The molecule has 1 heterocycles. The lowest BCUT2D eigenvalue weighted by atomic mass is 10.2. The predicted octanol–water partition coefficient (Wildman–Crippen LogP) is 3.90. The van der Waals surface area contributed by atoms with Crippen molar-refractivity contribution in [3.8, 4) is 5.75 Å². The first-order chi connectivity index (χ1) is 13.0. The topological polar surface area (TPSA) is 68.3 Å². The smallest absolute Gasteiger partial charge is 0.233 e. The summed E-state index contributed by atoms with van der Waals surface area (Å²) in [7, 11) is -3.47. The van der Waals surface area contributed by atoms with Crippen LogP contribution in [0.4, 0.5) is 0 Å². The molecular weight excluding hydrogens is 360 g/mol. The van der Waals surface area contributed by atoms with Gasteiger partial charge in [0.25, 0.3) is 0 Å². The van der Waals surface area contributed by atoms with Gasteiger partial charge in [-0.3, -0.25) is 4.98 Å². The summed E-state index contributed by atoms with van der Waals surface area (Å²) in [5, 5.41) is 2.20. The van der Waals surface area contributed by atoms with Crippen LogP contribution in [0.5, 0.6) is 5.75 Å². The number of para-hydroxylation sites is 1. The molecule has 0 saturated heterocycles. The van der Waals surface area contributed by atoms with Crippen molar-refractivity contribution < 1.29 is 13.2 Å². The zero-order valence-electron chi connectivity index (χ0n) is 15.1. The van der Waals surface area contributed by atoms with Crippen LogP contribution in [0, 0.1) is 6.92 Å². The van der Waals surface area contributed by atoms with Crippen molar-refractivity contribution in [2.75, 3.05) is 13.2 Å². The van der Waals surface area contributed by atoms with E-state index in [9.17, 15) is 8.42 Å². The van der Waals surface area contributed by atoms with Crippen molar-refractivity contribution in [1.29, 1.82) is 0 Å². The number of aryl methyl sites for hydroxylation is 1. The van der Waals surface area contributed by atoms with Crippen LogP contribution in [0.3, 0.4) is 0 Å². The summed E-state index contributed by atoms with van der Waals surface area (Å²) in [6.45, 7) is 2.70. The standard InChI is InChI=1S/C21H22N2O3S/c1-17-8-10-18(11-9-17)12-16-27(24,25)23-14-4-15-26-20-7-2-5-19-6-3-13-22-21(19)20/h2-3,5-13,16,23H,4,14-15H2,1H3/b16-12+. The van der Waals surface area contributed by atoms with E-state index < -0.39 is 10.0 Å².